The third-order valence-electron chi connectivity index (χ3n) is 5.08. The molecule has 0 amide bonds. The lowest BCUT2D eigenvalue weighted by Gasteiger charge is -2.44. The van der Waals surface area contributed by atoms with E-state index in [2.05, 4.69) is 36.5 Å². The van der Waals surface area contributed by atoms with Crippen molar-refractivity contribution >= 4 is 5.97 Å². The lowest BCUT2D eigenvalue weighted by Crippen LogP contribution is -2.45. The van der Waals surface area contributed by atoms with Crippen LogP contribution in [0, 0.1) is 11.3 Å². The van der Waals surface area contributed by atoms with Crippen LogP contribution < -0.4 is 5.32 Å². The first-order valence-electron chi connectivity index (χ1n) is 8.26. The summed E-state index contributed by atoms with van der Waals surface area (Å²) in [5.41, 5.74) is 0.457. The summed E-state index contributed by atoms with van der Waals surface area (Å²) in [5.74, 6) is -0.493. The molecule has 0 fully saturated rings. The summed E-state index contributed by atoms with van der Waals surface area (Å²) in [7, 11) is 1.92. The standard InChI is InChI=1S/C19H27NO2/c1-3-16-11-7-12-17(15-9-5-4-6-10-15)19(16,18(21)22)13-8-14-20-2/h4-7,9-11,16-17,20H,3,8,12-14H2,1-2H3,(H,21,22). The van der Waals surface area contributed by atoms with Gasteiger partial charge in [0.1, 0.15) is 0 Å². The third-order valence-corrected chi connectivity index (χ3v) is 5.08. The molecule has 0 bridgehead atoms. The second-order valence-electron chi connectivity index (χ2n) is 6.19. The summed E-state index contributed by atoms with van der Waals surface area (Å²) in [4.78, 5) is 12.4. The van der Waals surface area contributed by atoms with Crippen molar-refractivity contribution in [2.45, 2.75) is 38.5 Å². The topological polar surface area (TPSA) is 49.3 Å². The van der Waals surface area contributed by atoms with E-state index in [-0.39, 0.29) is 11.8 Å². The quantitative estimate of drug-likeness (QED) is 0.594. The summed E-state index contributed by atoms with van der Waals surface area (Å²) >= 11 is 0. The molecule has 2 N–H and O–H groups in total. The van der Waals surface area contributed by atoms with Gasteiger partial charge in [-0.2, -0.15) is 0 Å². The average molecular weight is 301 g/mol. The van der Waals surface area contributed by atoms with Crippen LogP contribution in [-0.4, -0.2) is 24.7 Å². The number of carboxylic acids is 1. The summed E-state index contributed by atoms with van der Waals surface area (Å²) in [6.07, 6.45) is 7.58. The Morgan fingerprint density at radius 3 is 2.68 bits per heavy atom. The zero-order valence-corrected chi connectivity index (χ0v) is 13.6. The number of nitrogens with one attached hydrogen (secondary N) is 1. The molecule has 2 rings (SSSR count). The van der Waals surface area contributed by atoms with Crippen LogP contribution >= 0.6 is 0 Å². The molecule has 22 heavy (non-hydrogen) atoms. The predicted octanol–water partition coefficient (Wildman–Crippen LogP) is 3.83. The Morgan fingerprint density at radius 2 is 2.09 bits per heavy atom. The Kier molecular flexibility index (Phi) is 5.78. The zero-order chi connectivity index (χ0) is 16.0. The molecule has 0 aromatic heterocycles. The van der Waals surface area contributed by atoms with Crippen molar-refractivity contribution in [2.75, 3.05) is 13.6 Å². The average Bonchev–Trinajstić information content (AvgIpc) is 2.55. The Bertz CT molecular complexity index is 511. The van der Waals surface area contributed by atoms with Gasteiger partial charge in [0.15, 0.2) is 0 Å². The molecular weight excluding hydrogens is 274 g/mol. The molecule has 1 aromatic rings. The van der Waals surface area contributed by atoms with E-state index in [1.54, 1.807) is 0 Å². The van der Waals surface area contributed by atoms with Gasteiger partial charge in [0.2, 0.25) is 0 Å². The van der Waals surface area contributed by atoms with Gasteiger partial charge < -0.3 is 10.4 Å². The number of allylic oxidation sites excluding steroid dienone is 2. The van der Waals surface area contributed by atoms with Crippen molar-refractivity contribution in [1.29, 1.82) is 0 Å². The molecule has 0 saturated heterocycles. The fraction of sp³-hybridized carbons (Fsp3) is 0.526. The Hall–Kier alpha value is -1.61. The highest BCUT2D eigenvalue weighted by Crippen LogP contribution is 2.52. The maximum Gasteiger partial charge on any atom is 0.310 e. The minimum atomic E-state index is -0.693. The van der Waals surface area contributed by atoms with Gasteiger partial charge >= 0.3 is 5.97 Å². The number of carboxylic acid groups (broad SMARTS) is 1. The minimum absolute atomic E-state index is 0.0537. The molecule has 0 spiro atoms. The second-order valence-corrected chi connectivity index (χ2v) is 6.19. The highest BCUT2D eigenvalue weighted by Gasteiger charge is 2.51. The fourth-order valence-electron chi connectivity index (χ4n) is 3.97. The molecule has 0 heterocycles. The monoisotopic (exact) mass is 301 g/mol. The predicted molar refractivity (Wildman–Crippen MR) is 90.0 cm³/mol. The number of hydrogen-bond acceptors (Lipinski definition) is 2. The third kappa shape index (κ3) is 3.09. The molecule has 0 radical (unpaired) electrons. The maximum atomic E-state index is 12.4. The first-order chi connectivity index (χ1) is 10.7. The molecule has 3 unspecified atom stereocenters. The van der Waals surface area contributed by atoms with E-state index in [0.29, 0.717) is 6.42 Å². The van der Waals surface area contributed by atoms with E-state index in [9.17, 15) is 9.90 Å². The summed E-state index contributed by atoms with van der Waals surface area (Å²) in [5, 5.41) is 13.3. The van der Waals surface area contributed by atoms with Crippen LogP contribution in [0.1, 0.15) is 44.1 Å². The van der Waals surface area contributed by atoms with Crippen molar-refractivity contribution in [3.8, 4) is 0 Å². The highest BCUT2D eigenvalue weighted by atomic mass is 16.4. The van der Waals surface area contributed by atoms with Crippen LogP contribution in [0.5, 0.6) is 0 Å². The van der Waals surface area contributed by atoms with Crippen LogP contribution in [0.4, 0.5) is 0 Å². The fourth-order valence-corrected chi connectivity index (χ4v) is 3.97. The maximum absolute atomic E-state index is 12.4. The van der Waals surface area contributed by atoms with E-state index in [1.165, 1.54) is 0 Å². The summed E-state index contributed by atoms with van der Waals surface area (Å²) in [6.45, 7) is 2.95. The van der Waals surface area contributed by atoms with Gasteiger partial charge in [-0.05, 0) is 50.8 Å². The van der Waals surface area contributed by atoms with E-state index in [1.807, 2.05) is 25.2 Å². The van der Waals surface area contributed by atoms with Crippen molar-refractivity contribution < 1.29 is 9.90 Å². The first kappa shape index (κ1) is 16.8. The summed E-state index contributed by atoms with van der Waals surface area (Å²) in [6, 6.07) is 10.2. The van der Waals surface area contributed by atoms with E-state index in [4.69, 9.17) is 0 Å². The van der Waals surface area contributed by atoms with E-state index >= 15 is 0 Å². The first-order valence-corrected chi connectivity index (χ1v) is 8.26. The molecule has 3 nitrogen and oxygen atoms in total. The highest BCUT2D eigenvalue weighted by molar-refractivity contribution is 5.77. The lowest BCUT2D eigenvalue weighted by atomic mass is 9.58. The van der Waals surface area contributed by atoms with Crippen LogP contribution in [0.3, 0.4) is 0 Å². The zero-order valence-electron chi connectivity index (χ0n) is 13.6. The van der Waals surface area contributed by atoms with Crippen LogP contribution in [0.15, 0.2) is 42.5 Å². The van der Waals surface area contributed by atoms with Gasteiger partial charge in [0.05, 0.1) is 5.41 Å². The SMILES string of the molecule is CCC1C=CCC(c2ccccc2)C1(CCCNC)C(=O)O. The Morgan fingerprint density at radius 1 is 1.36 bits per heavy atom. The molecule has 1 aromatic carbocycles. The van der Waals surface area contributed by atoms with Gasteiger partial charge in [-0.25, -0.2) is 0 Å². The molecule has 120 valence electrons. The molecule has 1 aliphatic carbocycles. The van der Waals surface area contributed by atoms with Gasteiger partial charge in [-0.3, -0.25) is 4.79 Å². The molecule has 3 heteroatoms. The van der Waals surface area contributed by atoms with Crippen LogP contribution in [0.25, 0.3) is 0 Å². The molecular formula is C19H27NO2. The minimum Gasteiger partial charge on any atom is -0.481 e. The summed E-state index contributed by atoms with van der Waals surface area (Å²) < 4.78 is 0. The van der Waals surface area contributed by atoms with Crippen molar-refractivity contribution in [3.05, 3.63) is 48.0 Å². The number of hydrogen-bond donors (Lipinski definition) is 2. The normalized spacial score (nSPS) is 27.7. The van der Waals surface area contributed by atoms with Crippen molar-refractivity contribution in [1.82, 2.24) is 5.32 Å². The van der Waals surface area contributed by atoms with Crippen LogP contribution in [0.2, 0.25) is 0 Å². The second kappa shape index (κ2) is 7.59. The van der Waals surface area contributed by atoms with Gasteiger partial charge in [-0.1, -0.05) is 49.4 Å². The van der Waals surface area contributed by atoms with Gasteiger partial charge in [-0.15, -0.1) is 0 Å². The van der Waals surface area contributed by atoms with Gasteiger partial charge in [0.25, 0.3) is 0 Å². The largest absolute Gasteiger partial charge is 0.481 e. The van der Waals surface area contributed by atoms with Crippen LogP contribution in [-0.2, 0) is 4.79 Å². The van der Waals surface area contributed by atoms with Gasteiger partial charge in [0, 0.05) is 5.92 Å². The molecule has 3 atom stereocenters. The van der Waals surface area contributed by atoms with Crippen molar-refractivity contribution in [2.24, 2.45) is 11.3 Å². The van der Waals surface area contributed by atoms with Crippen molar-refractivity contribution in [3.63, 3.8) is 0 Å². The lowest BCUT2D eigenvalue weighted by molar-refractivity contribution is -0.155. The van der Waals surface area contributed by atoms with E-state index in [0.717, 1.165) is 31.4 Å². The smallest absolute Gasteiger partial charge is 0.310 e. The molecule has 1 aliphatic rings. The number of aliphatic carboxylic acids is 1. The molecule has 0 aliphatic heterocycles. The Labute approximate surface area is 133 Å². The number of benzene rings is 1. The molecule has 0 saturated carbocycles. The van der Waals surface area contributed by atoms with E-state index < -0.39 is 11.4 Å². The Balaban J connectivity index is 2.43. The number of carbonyl (C=O) groups is 1. The number of rotatable bonds is 7.